The molecule has 88 valence electrons. The summed E-state index contributed by atoms with van der Waals surface area (Å²) >= 11 is 0. The number of carbonyl (C=O) groups excluding carboxylic acids is 2. The van der Waals surface area contributed by atoms with Gasteiger partial charge in [-0.2, -0.15) is 0 Å². The van der Waals surface area contributed by atoms with Crippen LogP contribution in [0.5, 0.6) is 0 Å². The smallest absolute Gasteiger partial charge is 0.306 e. The number of ether oxygens (including phenoxy) is 1. The lowest BCUT2D eigenvalue weighted by Crippen LogP contribution is -2.28. The lowest BCUT2D eigenvalue weighted by Gasteiger charge is -2.22. The molecule has 0 N–H and O–H groups in total. The number of esters is 1. The van der Waals surface area contributed by atoms with Crippen LogP contribution in [0.2, 0.25) is 0 Å². The van der Waals surface area contributed by atoms with E-state index in [-0.39, 0.29) is 35.9 Å². The molecule has 0 aromatic carbocycles. The molecule has 0 bridgehead atoms. The molecule has 0 radical (unpaired) electrons. The van der Waals surface area contributed by atoms with Crippen molar-refractivity contribution in [3.05, 3.63) is 0 Å². The first-order valence-electron chi connectivity index (χ1n) is 5.54. The van der Waals surface area contributed by atoms with Gasteiger partial charge in [0.25, 0.3) is 0 Å². The number of ketones is 1. The van der Waals surface area contributed by atoms with Crippen LogP contribution in [0.1, 0.15) is 40.5 Å². The van der Waals surface area contributed by atoms with Gasteiger partial charge in [0.1, 0.15) is 5.78 Å². The van der Waals surface area contributed by atoms with Crippen molar-refractivity contribution in [2.45, 2.75) is 40.5 Å². The minimum absolute atomic E-state index is 0.0198. The Labute approximate surface area is 92.2 Å². The third kappa shape index (κ3) is 4.45. The maximum Gasteiger partial charge on any atom is 0.306 e. The van der Waals surface area contributed by atoms with Crippen LogP contribution in [0.25, 0.3) is 0 Å². The van der Waals surface area contributed by atoms with Gasteiger partial charge in [0.15, 0.2) is 0 Å². The van der Waals surface area contributed by atoms with Crippen LogP contribution in [0, 0.1) is 17.8 Å². The van der Waals surface area contributed by atoms with Gasteiger partial charge in [-0.25, -0.2) is 0 Å². The molecule has 0 spiro atoms. The van der Waals surface area contributed by atoms with Crippen molar-refractivity contribution in [3.8, 4) is 0 Å². The minimum Gasteiger partial charge on any atom is -0.469 e. The number of methoxy groups -OCH3 is 1. The second-order valence-electron chi connectivity index (χ2n) is 4.33. The molecule has 3 heteroatoms. The Morgan fingerprint density at radius 1 is 1.20 bits per heavy atom. The third-order valence-corrected chi connectivity index (χ3v) is 2.88. The molecule has 0 aromatic heterocycles. The Morgan fingerprint density at radius 2 is 1.73 bits per heavy atom. The largest absolute Gasteiger partial charge is 0.469 e. The van der Waals surface area contributed by atoms with Crippen LogP contribution in [-0.4, -0.2) is 18.9 Å². The van der Waals surface area contributed by atoms with E-state index in [0.29, 0.717) is 0 Å². The van der Waals surface area contributed by atoms with E-state index in [9.17, 15) is 9.59 Å². The normalized spacial score (nSPS) is 14.8. The van der Waals surface area contributed by atoms with E-state index in [1.807, 2.05) is 27.7 Å². The van der Waals surface area contributed by atoms with Crippen LogP contribution in [-0.2, 0) is 14.3 Å². The van der Waals surface area contributed by atoms with Gasteiger partial charge in [0, 0.05) is 11.8 Å². The summed E-state index contributed by atoms with van der Waals surface area (Å²) in [6.07, 6.45) is 1.11. The van der Waals surface area contributed by atoms with Crippen molar-refractivity contribution in [2.24, 2.45) is 17.8 Å². The molecule has 2 atom stereocenters. The second kappa shape index (κ2) is 6.59. The van der Waals surface area contributed by atoms with Gasteiger partial charge in [-0.3, -0.25) is 9.59 Å². The van der Waals surface area contributed by atoms with Crippen LogP contribution in [0.15, 0.2) is 0 Å². The fraction of sp³-hybridized carbons (Fsp3) is 0.833. The first-order valence-corrected chi connectivity index (χ1v) is 5.54. The molecule has 0 aromatic rings. The van der Waals surface area contributed by atoms with Crippen LogP contribution in [0.3, 0.4) is 0 Å². The van der Waals surface area contributed by atoms with Crippen molar-refractivity contribution in [1.82, 2.24) is 0 Å². The van der Waals surface area contributed by atoms with Gasteiger partial charge in [-0.15, -0.1) is 0 Å². The maximum absolute atomic E-state index is 11.9. The Bertz CT molecular complexity index is 221. The van der Waals surface area contributed by atoms with Crippen molar-refractivity contribution in [1.29, 1.82) is 0 Å². The molecule has 0 saturated heterocycles. The highest BCUT2D eigenvalue weighted by molar-refractivity contribution is 5.86. The van der Waals surface area contributed by atoms with Gasteiger partial charge in [0.05, 0.1) is 13.5 Å². The van der Waals surface area contributed by atoms with E-state index in [1.54, 1.807) is 0 Å². The summed E-state index contributed by atoms with van der Waals surface area (Å²) in [7, 11) is 1.36. The average Bonchev–Trinajstić information content (AvgIpc) is 2.23. The second-order valence-corrected chi connectivity index (χ2v) is 4.33. The van der Waals surface area contributed by atoms with Gasteiger partial charge in [-0.05, 0) is 5.92 Å². The van der Waals surface area contributed by atoms with Crippen LogP contribution < -0.4 is 0 Å². The van der Waals surface area contributed by atoms with E-state index in [0.717, 1.165) is 6.42 Å². The zero-order valence-corrected chi connectivity index (χ0v) is 10.4. The Morgan fingerprint density at radius 3 is 2.07 bits per heavy atom. The summed E-state index contributed by atoms with van der Waals surface area (Å²) in [4.78, 5) is 23.1. The predicted octanol–water partition coefficient (Wildman–Crippen LogP) is 2.44. The SMILES string of the molecule is CCC(C)[C@H](CC(=O)OC)C(=O)C(C)C. The lowest BCUT2D eigenvalue weighted by atomic mass is 9.82. The van der Waals surface area contributed by atoms with E-state index in [1.165, 1.54) is 7.11 Å². The standard InChI is InChI=1S/C12H22O3/c1-6-9(4)10(7-11(13)15-5)12(14)8(2)3/h8-10H,6-7H2,1-5H3/t9?,10-/m0/s1. The molecule has 0 aliphatic carbocycles. The quantitative estimate of drug-likeness (QED) is 0.638. The highest BCUT2D eigenvalue weighted by Gasteiger charge is 2.28. The third-order valence-electron chi connectivity index (χ3n) is 2.88. The summed E-state index contributed by atoms with van der Waals surface area (Å²) < 4.78 is 4.61. The number of carbonyl (C=O) groups is 2. The van der Waals surface area contributed by atoms with E-state index in [2.05, 4.69) is 4.74 Å². The first-order chi connectivity index (χ1) is 6.93. The fourth-order valence-electron chi connectivity index (χ4n) is 1.56. The lowest BCUT2D eigenvalue weighted by molar-refractivity contribution is -0.145. The molecule has 0 fully saturated rings. The topological polar surface area (TPSA) is 43.4 Å². The molecule has 0 amide bonds. The van der Waals surface area contributed by atoms with Crippen molar-refractivity contribution >= 4 is 11.8 Å². The van der Waals surface area contributed by atoms with Crippen molar-refractivity contribution in [3.63, 3.8) is 0 Å². The molecular formula is C12H22O3. The maximum atomic E-state index is 11.9. The number of hydrogen-bond donors (Lipinski definition) is 0. The summed E-state index contributed by atoms with van der Waals surface area (Å²) in [5.41, 5.74) is 0. The highest BCUT2D eigenvalue weighted by Crippen LogP contribution is 2.23. The summed E-state index contributed by atoms with van der Waals surface area (Å²) in [6.45, 7) is 7.78. The average molecular weight is 214 g/mol. The monoisotopic (exact) mass is 214 g/mol. The summed E-state index contributed by atoms with van der Waals surface area (Å²) in [5.74, 6) is -0.112. The molecular weight excluding hydrogens is 192 g/mol. The fourth-order valence-corrected chi connectivity index (χ4v) is 1.56. The molecule has 0 saturated carbocycles. The van der Waals surface area contributed by atoms with E-state index in [4.69, 9.17) is 0 Å². The van der Waals surface area contributed by atoms with Crippen LogP contribution in [0.4, 0.5) is 0 Å². The van der Waals surface area contributed by atoms with Crippen molar-refractivity contribution in [2.75, 3.05) is 7.11 Å². The Hall–Kier alpha value is -0.860. The number of hydrogen-bond acceptors (Lipinski definition) is 3. The highest BCUT2D eigenvalue weighted by atomic mass is 16.5. The number of rotatable bonds is 6. The zero-order chi connectivity index (χ0) is 12.0. The van der Waals surface area contributed by atoms with Gasteiger partial charge < -0.3 is 4.74 Å². The number of Topliss-reactive ketones (excluding diaryl/α,β-unsaturated/α-hetero) is 1. The predicted molar refractivity (Wildman–Crippen MR) is 59.4 cm³/mol. The molecule has 0 aliphatic rings. The van der Waals surface area contributed by atoms with Gasteiger partial charge >= 0.3 is 5.97 Å². The molecule has 0 rings (SSSR count). The first kappa shape index (κ1) is 14.1. The summed E-state index contributed by atoms with van der Waals surface area (Å²) in [5, 5.41) is 0. The molecule has 0 heterocycles. The van der Waals surface area contributed by atoms with Gasteiger partial charge in [-0.1, -0.05) is 34.1 Å². The Balaban J connectivity index is 4.58. The van der Waals surface area contributed by atoms with E-state index >= 15 is 0 Å². The molecule has 0 aliphatic heterocycles. The Kier molecular flexibility index (Phi) is 6.21. The molecule has 1 unspecified atom stereocenters. The molecule has 3 nitrogen and oxygen atoms in total. The summed E-state index contributed by atoms with van der Waals surface area (Å²) in [6, 6.07) is 0. The van der Waals surface area contributed by atoms with Crippen molar-refractivity contribution < 1.29 is 14.3 Å². The van der Waals surface area contributed by atoms with E-state index < -0.39 is 0 Å². The van der Waals surface area contributed by atoms with Gasteiger partial charge in [0.2, 0.25) is 0 Å². The zero-order valence-electron chi connectivity index (χ0n) is 10.4. The molecule has 15 heavy (non-hydrogen) atoms. The minimum atomic E-state index is -0.297. The van der Waals surface area contributed by atoms with Crippen LogP contribution >= 0.6 is 0 Å².